The summed E-state index contributed by atoms with van der Waals surface area (Å²) in [6.07, 6.45) is 0. The first kappa shape index (κ1) is 15.6. The van der Waals surface area contributed by atoms with Gasteiger partial charge in [0.25, 0.3) is 5.92 Å². The summed E-state index contributed by atoms with van der Waals surface area (Å²) >= 11 is 0. The first-order valence-corrected chi connectivity index (χ1v) is 5.41. The predicted octanol–water partition coefficient (Wildman–Crippen LogP) is 2.59. The summed E-state index contributed by atoms with van der Waals surface area (Å²) < 4.78 is 26.6. The quantitative estimate of drug-likeness (QED) is 0.814. The summed E-state index contributed by atoms with van der Waals surface area (Å²) in [5.41, 5.74) is 5.69. The Kier molecular flexibility index (Phi) is 4.68. The van der Waals surface area contributed by atoms with E-state index in [1.807, 2.05) is 0 Å². The number of rotatable bonds is 3. The lowest BCUT2D eigenvalue weighted by Gasteiger charge is -2.21. The van der Waals surface area contributed by atoms with Gasteiger partial charge in [-0.05, 0) is 34.5 Å². The van der Waals surface area contributed by atoms with E-state index < -0.39 is 18.6 Å². The number of alkyl halides is 2. The third-order valence-corrected chi connectivity index (χ3v) is 2.87. The van der Waals surface area contributed by atoms with Gasteiger partial charge in [-0.1, -0.05) is 18.2 Å². The molecule has 0 aliphatic rings. The third-order valence-electron chi connectivity index (χ3n) is 2.87. The van der Waals surface area contributed by atoms with Gasteiger partial charge >= 0.3 is 0 Å². The van der Waals surface area contributed by atoms with Gasteiger partial charge in [0.1, 0.15) is 12.4 Å². The van der Waals surface area contributed by atoms with Gasteiger partial charge in [-0.3, -0.25) is 0 Å². The molecule has 0 unspecified atom stereocenters. The normalized spacial score (nSPS) is 13.1. The van der Waals surface area contributed by atoms with Crippen molar-refractivity contribution in [2.75, 3.05) is 6.61 Å². The van der Waals surface area contributed by atoms with Crippen LogP contribution in [0.2, 0.25) is 0 Å². The van der Waals surface area contributed by atoms with E-state index in [9.17, 15) is 13.9 Å². The number of phenols is 1. The molecule has 2 aromatic rings. The molecule has 4 N–H and O–H groups in total. The standard InChI is InChI=1S/C13H13F2NO2.ClH/c14-13(15,7-17)12(16)10-2-1-9-6-11(18)4-3-8(9)5-10;/h1-6,12,17-18H,7,16H2;1H/t12-;/m1./s1. The van der Waals surface area contributed by atoms with E-state index in [0.29, 0.717) is 5.39 Å². The van der Waals surface area contributed by atoms with Gasteiger partial charge in [0.15, 0.2) is 0 Å². The summed E-state index contributed by atoms with van der Waals surface area (Å²) in [6.45, 7) is -1.29. The lowest BCUT2D eigenvalue weighted by atomic mass is 9.98. The molecule has 0 spiro atoms. The van der Waals surface area contributed by atoms with Gasteiger partial charge in [0.2, 0.25) is 0 Å². The SMILES string of the molecule is Cl.N[C@H](c1ccc2cc(O)ccc2c1)C(F)(F)CO. The topological polar surface area (TPSA) is 66.5 Å². The number of fused-ring (bicyclic) bond motifs is 1. The maximum Gasteiger partial charge on any atom is 0.289 e. The number of benzene rings is 2. The number of aromatic hydroxyl groups is 1. The van der Waals surface area contributed by atoms with Crippen LogP contribution in [0.25, 0.3) is 10.8 Å². The van der Waals surface area contributed by atoms with Crippen molar-refractivity contribution < 1.29 is 19.0 Å². The van der Waals surface area contributed by atoms with Gasteiger partial charge in [0.05, 0.1) is 6.04 Å². The maximum absolute atomic E-state index is 13.3. The van der Waals surface area contributed by atoms with Crippen LogP contribution in [-0.4, -0.2) is 22.7 Å². The second-order valence-corrected chi connectivity index (χ2v) is 4.19. The van der Waals surface area contributed by atoms with E-state index >= 15 is 0 Å². The van der Waals surface area contributed by atoms with Crippen LogP contribution in [0.15, 0.2) is 36.4 Å². The molecule has 0 saturated heterocycles. The third kappa shape index (κ3) is 3.12. The number of hydrogen-bond donors (Lipinski definition) is 3. The summed E-state index contributed by atoms with van der Waals surface area (Å²) in [7, 11) is 0. The van der Waals surface area contributed by atoms with Crippen LogP contribution in [0.4, 0.5) is 8.78 Å². The van der Waals surface area contributed by atoms with Gasteiger partial charge in [-0.2, -0.15) is 0 Å². The van der Waals surface area contributed by atoms with Crippen molar-refractivity contribution in [3.63, 3.8) is 0 Å². The van der Waals surface area contributed by atoms with Crippen molar-refractivity contribution in [1.29, 1.82) is 0 Å². The molecule has 6 heteroatoms. The minimum absolute atomic E-state index is 0. The van der Waals surface area contributed by atoms with Crippen molar-refractivity contribution in [1.82, 2.24) is 0 Å². The fourth-order valence-corrected chi connectivity index (χ4v) is 1.79. The van der Waals surface area contributed by atoms with E-state index in [4.69, 9.17) is 10.8 Å². The molecule has 0 bridgehead atoms. The Morgan fingerprint density at radius 3 is 2.32 bits per heavy atom. The molecule has 2 rings (SSSR count). The molecule has 19 heavy (non-hydrogen) atoms. The molecule has 0 saturated carbocycles. The first-order valence-electron chi connectivity index (χ1n) is 5.41. The Morgan fingerprint density at radius 1 is 1.11 bits per heavy atom. The fraction of sp³-hybridized carbons (Fsp3) is 0.231. The van der Waals surface area contributed by atoms with Crippen LogP contribution in [0.5, 0.6) is 5.75 Å². The lowest BCUT2D eigenvalue weighted by molar-refractivity contribution is -0.0711. The number of aliphatic hydroxyl groups is 1. The molecule has 0 aromatic heterocycles. The average Bonchev–Trinajstić information content (AvgIpc) is 2.37. The molecular weight excluding hydrogens is 276 g/mol. The molecule has 0 radical (unpaired) electrons. The van der Waals surface area contributed by atoms with Crippen LogP contribution in [0, 0.1) is 0 Å². The summed E-state index contributed by atoms with van der Waals surface area (Å²) in [5.74, 6) is -3.25. The monoisotopic (exact) mass is 289 g/mol. The number of aliphatic hydroxyl groups excluding tert-OH is 1. The fourth-order valence-electron chi connectivity index (χ4n) is 1.79. The van der Waals surface area contributed by atoms with Gasteiger partial charge in [-0.15, -0.1) is 12.4 Å². The zero-order chi connectivity index (χ0) is 13.3. The predicted molar refractivity (Wildman–Crippen MR) is 71.8 cm³/mol. The van der Waals surface area contributed by atoms with E-state index in [0.717, 1.165) is 5.39 Å². The first-order chi connectivity index (χ1) is 8.44. The largest absolute Gasteiger partial charge is 0.508 e. The molecule has 104 valence electrons. The van der Waals surface area contributed by atoms with Crippen LogP contribution in [-0.2, 0) is 0 Å². The van der Waals surface area contributed by atoms with E-state index in [1.54, 1.807) is 12.1 Å². The van der Waals surface area contributed by atoms with E-state index in [2.05, 4.69) is 0 Å². The maximum atomic E-state index is 13.3. The zero-order valence-electron chi connectivity index (χ0n) is 9.88. The molecule has 0 fully saturated rings. The molecule has 3 nitrogen and oxygen atoms in total. The van der Waals surface area contributed by atoms with Crippen molar-refractivity contribution in [3.8, 4) is 5.75 Å². The number of nitrogens with two attached hydrogens (primary N) is 1. The summed E-state index contributed by atoms with van der Waals surface area (Å²) in [5, 5.41) is 19.3. The number of phenolic OH excluding ortho intramolecular Hbond substituents is 1. The Morgan fingerprint density at radius 2 is 1.68 bits per heavy atom. The van der Waals surface area contributed by atoms with Crippen LogP contribution in [0.1, 0.15) is 11.6 Å². The zero-order valence-corrected chi connectivity index (χ0v) is 10.7. The number of hydrogen-bond acceptors (Lipinski definition) is 3. The van der Waals surface area contributed by atoms with Gasteiger partial charge in [0, 0.05) is 0 Å². The highest BCUT2D eigenvalue weighted by molar-refractivity contribution is 5.85. The summed E-state index contributed by atoms with van der Waals surface area (Å²) in [4.78, 5) is 0. The Bertz CT molecular complexity index is 578. The molecule has 0 aliphatic heterocycles. The second kappa shape index (κ2) is 5.69. The highest BCUT2D eigenvalue weighted by Gasteiger charge is 2.37. The van der Waals surface area contributed by atoms with Crippen LogP contribution >= 0.6 is 12.4 Å². The number of halogens is 3. The lowest BCUT2D eigenvalue weighted by Crippen LogP contribution is -2.36. The Balaban J connectivity index is 0.00000180. The van der Waals surface area contributed by atoms with Crippen LogP contribution < -0.4 is 5.73 Å². The van der Waals surface area contributed by atoms with Gasteiger partial charge < -0.3 is 15.9 Å². The smallest absolute Gasteiger partial charge is 0.289 e. The Hall–Kier alpha value is -1.43. The molecule has 0 heterocycles. The van der Waals surface area contributed by atoms with Crippen molar-refractivity contribution in [2.24, 2.45) is 5.73 Å². The molecule has 1 atom stereocenters. The minimum Gasteiger partial charge on any atom is -0.508 e. The molecule has 2 aromatic carbocycles. The average molecular weight is 290 g/mol. The van der Waals surface area contributed by atoms with Gasteiger partial charge in [-0.25, -0.2) is 8.78 Å². The van der Waals surface area contributed by atoms with Crippen molar-refractivity contribution >= 4 is 23.2 Å². The highest BCUT2D eigenvalue weighted by Crippen LogP contribution is 2.31. The molecule has 0 amide bonds. The van der Waals surface area contributed by atoms with E-state index in [1.165, 1.54) is 24.3 Å². The summed E-state index contributed by atoms with van der Waals surface area (Å²) in [6, 6.07) is 7.69. The minimum atomic E-state index is -3.36. The second-order valence-electron chi connectivity index (χ2n) is 4.19. The molecule has 0 aliphatic carbocycles. The van der Waals surface area contributed by atoms with Crippen molar-refractivity contribution in [2.45, 2.75) is 12.0 Å². The highest BCUT2D eigenvalue weighted by atomic mass is 35.5. The van der Waals surface area contributed by atoms with Crippen LogP contribution in [0.3, 0.4) is 0 Å². The van der Waals surface area contributed by atoms with E-state index in [-0.39, 0.29) is 23.7 Å². The Labute approximate surface area is 115 Å². The molecular formula is C13H14ClF2NO2. The van der Waals surface area contributed by atoms with Crippen molar-refractivity contribution in [3.05, 3.63) is 42.0 Å².